The van der Waals surface area contributed by atoms with Gasteiger partial charge in [0.25, 0.3) is 5.91 Å². The first-order valence-corrected chi connectivity index (χ1v) is 5.78. The Morgan fingerprint density at radius 1 is 1.53 bits per heavy atom. The van der Waals surface area contributed by atoms with Gasteiger partial charge in [-0.2, -0.15) is 0 Å². The van der Waals surface area contributed by atoms with Gasteiger partial charge in [-0.1, -0.05) is 0 Å². The van der Waals surface area contributed by atoms with Crippen LogP contribution in [0.3, 0.4) is 0 Å². The summed E-state index contributed by atoms with van der Waals surface area (Å²) >= 11 is 0. The third kappa shape index (κ3) is 2.73. The number of carbonyl (C=O) groups excluding carboxylic acids is 1. The van der Waals surface area contributed by atoms with Gasteiger partial charge in [0.1, 0.15) is 11.6 Å². The van der Waals surface area contributed by atoms with Crippen molar-refractivity contribution < 1.29 is 9.18 Å². The van der Waals surface area contributed by atoms with Crippen molar-refractivity contribution in [2.24, 2.45) is 0 Å². The van der Waals surface area contributed by atoms with Crippen molar-refractivity contribution in [1.82, 2.24) is 14.9 Å². The van der Waals surface area contributed by atoms with E-state index in [1.165, 1.54) is 17.0 Å². The van der Waals surface area contributed by atoms with E-state index in [9.17, 15) is 9.18 Å². The molecule has 1 amide bonds. The highest BCUT2D eigenvalue weighted by Gasteiger charge is 2.19. The number of benzene rings is 1. The molecule has 1 aromatic heterocycles. The number of nitrogens with two attached hydrogens (primary N) is 1. The molecule has 0 fully saturated rings. The molecule has 3 N–H and O–H groups in total. The first-order valence-electron chi connectivity index (χ1n) is 5.78. The molecule has 0 spiro atoms. The van der Waals surface area contributed by atoms with E-state index >= 15 is 0 Å². The van der Waals surface area contributed by atoms with E-state index in [2.05, 4.69) is 9.97 Å². The molecule has 0 saturated heterocycles. The first-order chi connectivity index (χ1) is 8.99. The van der Waals surface area contributed by atoms with Gasteiger partial charge in [0.2, 0.25) is 0 Å². The predicted octanol–water partition coefficient (Wildman–Crippen LogP) is 1.71. The van der Waals surface area contributed by atoms with Crippen LogP contribution in [0.1, 0.15) is 21.7 Å². The summed E-state index contributed by atoms with van der Waals surface area (Å²) in [6.07, 6.45) is 3.26. The topological polar surface area (TPSA) is 75.0 Å². The molecular formula is C13H15FN4O. The average Bonchev–Trinajstić information content (AvgIpc) is 2.85. The lowest BCUT2D eigenvalue weighted by molar-refractivity contribution is 0.0777. The molecule has 1 heterocycles. The van der Waals surface area contributed by atoms with Crippen molar-refractivity contribution in [3.05, 3.63) is 47.3 Å². The third-order valence-electron chi connectivity index (χ3n) is 2.80. The van der Waals surface area contributed by atoms with Crippen LogP contribution in [0, 0.1) is 12.7 Å². The lowest BCUT2D eigenvalue weighted by atomic mass is 10.1. The van der Waals surface area contributed by atoms with Crippen LogP contribution >= 0.6 is 0 Å². The highest BCUT2D eigenvalue weighted by molar-refractivity contribution is 5.95. The number of hydrogen-bond donors (Lipinski definition) is 2. The quantitative estimate of drug-likeness (QED) is 0.827. The summed E-state index contributed by atoms with van der Waals surface area (Å²) in [5.41, 5.74) is 6.35. The Labute approximate surface area is 110 Å². The SMILES string of the molecule is Cc1cc(N)cc(C(=O)N(C)Cc2ncc[nH]2)c1F. The maximum absolute atomic E-state index is 13.9. The number of imidazole rings is 1. The Balaban J connectivity index is 2.24. The number of carbonyl (C=O) groups is 1. The van der Waals surface area contributed by atoms with Gasteiger partial charge >= 0.3 is 0 Å². The van der Waals surface area contributed by atoms with Crippen molar-refractivity contribution in [1.29, 1.82) is 0 Å². The number of amides is 1. The second-order valence-electron chi connectivity index (χ2n) is 4.40. The first kappa shape index (κ1) is 13.1. The summed E-state index contributed by atoms with van der Waals surface area (Å²) in [6.45, 7) is 1.86. The lowest BCUT2D eigenvalue weighted by Crippen LogP contribution is -2.27. The minimum Gasteiger partial charge on any atom is -0.399 e. The van der Waals surface area contributed by atoms with Crippen molar-refractivity contribution in [2.75, 3.05) is 12.8 Å². The van der Waals surface area contributed by atoms with Crippen LogP contribution < -0.4 is 5.73 Å². The smallest absolute Gasteiger partial charge is 0.257 e. The molecule has 0 atom stereocenters. The molecule has 0 aliphatic carbocycles. The normalized spacial score (nSPS) is 10.5. The van der Waals surface area contributed by atoms with Crippen molar-refractivity contribution in [3.63, 3.8) is 0 Å². The van der Waals surface area contributed by atoms with Crippen LogP contribution in [0.25, 0.3) is 0 Å². The van der Waals surface area contributed by atoms with E-state index < -0.39 is 11.7 Å². The number of aromatic nitrogens is 2. The summed E-state index contributed by atoms with van der Waals surface area (Å²) in [5, 5.41) is 0. The number of nitrogens with zero attached hydrogens (tertiary/aromatic N) is 2. The fourth-order valence-corrected chi connectivity index (χ4v) is 1.84. The molecule has 0 aliphatic heterocycles. The van der Waals surface area contributed by atoms with Crippen molar-refractivity contribution in [3.8, 4) is 0 Å². The van der Waals surface area contributed by atoms with Crippen LogP contribution in [0.2, 0.25) is 0 Å². The monoisotopic (exact) mass is 262 g/mol. The zero-order valence-corrected chi connectivity index (χ0v) is 10.8. The van der Waals surface area contributed by atoms with Crippen molar-refractivity contribution >= 4 is 11.6 Å². The van der Waals surface area contributed by atoms with E-state index in [1.807, 2.05) is 0 Å². The molecule has 2 aromatic rings. The molecule has 5 nitrogen and oxygen atoms in total. The Hall–Kier alpha value is -2.37. The predicted molar refractivity (Wildman–Crippen MR) is 69.9 cm³/mol. The molecule has 0 saturated carbocycles. The minimum atomic E-state index is -0.537. The average molecular weight is 262 g/mol. The molecule has 0 radical (unpaired) electrons. The molecule has 2 rings (SSSR count). The molecule has 100 valence electrons. The molecule has 6 heteroatoms. The zero-order chi connectivity index (χ0) is 14.0. The Bertz CT molecular complexity index is 595. The maximum Gasteiger partial charge on any atom is 0.257 e. The minimum absolute atomic E-state index is 0.0217. The highest BCUT2D eigenvalue weighted by atomic mass is 19.1. The maximum atomic E-state index is 13.9. The summed E-state index contributed by atoms with van der Waals surface area (Å²) in [5.74, 6) is -0.327. The van der Waals surface area contributed by atoms with Gasteiger partial charge in [-0.3, -0.25) is 4.79 Å². The third-order valence-corrected chi connectivity index (χ3v) is 2.80. The van der Waals surface area contributed by atoms with E-state index in [1.54, 1.807) is 26.4 Å². The van der Waals surface area contributed by atoms with Gasteiger partial charge < -0.3 is 15.6 Å². The zero-order valence-electron chi connectivity index (χ0n) is 10.8. The van der Waals surface area contributed by atoms with Gasteiger partial charge in [-0.05, 0) is 24.6 Å². The number of aryl methyl sites for hydroxylation is 1. The van der Waals surface area contributed by atoms with Gasteiger partial charge in [-0.25, -0.2) is 9.37 Å². The fourth-order valence-electron chi connectivity index (χ4n) is 1.84. The van der Waals surface area contributed by atoms with Crippen LogP contribution in [0.15, 0.2) is 24.5 Å². The highest BCUT2D eigenvalue weighted by Crippen LogP contribution is 2.18. The number of anilines is 1. The lowest BCUT2D eigenvalue weighted by Gasteiger charge is -2.17. The summed E-state index contributed by atoms with van der Waals surface area (Å²) in [7, 11) is 1.59. The van der Waals surface area contributed by atoms with E-state index in [0.717, 1.165) is 0 Å². The van der Waals surface area contributed by atoms with E-state index in [0.29, 0.717) is 17.1 Å². The molecular weight excluding hydrogens is 247 g/mol. The van der Waals surface area contributed by atoms with Gasteiger partial charge in [0.05, 0.1) is 12.1 Å². The molecule has 19 heavy (non-hydrogen) atoms. The van der Waals surface area contributed by atoms with Crippen molar-refractivity contribution in [2.45, 2.75) is 13.5 Å². The second kappa shape index (κ2) is 5.09. The Kier molecular flexibility index (Phi) is 3.50. The number of H-pyrrole nitrogens is 1. The summed E-state index contributed by atoms with van der Waals surface area (Å²) < 4.78 is 13.9. The number of nitrogens with one attached hydrogen (secondary N) is 1. The number of nitrogen functional groups attached to an aromatic ring is 1. The molecule has 0 bridgehead atoms. The van der Waals surface area contributed by atoms with Gasteiger partial charge in [0.15, 0.2) is 0 Å². The van der Waals surface area contributed by atoms with Crippen LogP contribution in [0.4, 0.5) is 10.1 Å². The summed E-state index contributed by atoms with van der Waals surface area (Å²) in [4.78, 5) is 20.5. The molecule has 0 aliphatic rings. The standard InChI is InChI=1S/C13H15FN4O/c1-8-5-9(15)6-10(12(8)14)13(19)18(2)7-11-16-3-4-17-11/h3-6H,7,15H2,1-2H3,(H,16,17). The number of hydrogen-bond acceptors (Lipinski definition) is 3. The number of aromatic amines is 1. The van der Waals surface area contributed by atoms with Gasteiger partial charge in [0, 0.05) is 25.1 Å². The van der Waals surface area contributed by atoms with E-state index in [-0.39, 0.29) is 12.1 Å². The number of halogens is 1. The van der Waals surface area contributed by atoms with E-state index in [4.69, 9.17) is 5.73 Å². The van der Waals surface area contributed by atoms with Crippen LogP contribution in [0.5, 0.6) is 0 Å². The van der Waals surface area contributed by atoms with Crippen LogP contribution in [-0.2, 0) is 6.54 Å². The number of rotatable bonds is 3. The molecule has 0 unspecified atom stereocenters. The summed E-state index contributed by atoms with van der Waals surface area (Å²) in [6, 6.07) is 2.85. The fraction of sp³-hybridized carbons (Fsp3) is 0.231. The Morgan fingerprint density at radius 3 is 2.89 bits per heavy atom. The largest absolute Gasteiger partial charge is 0.399 e. The molecule has 1 aromatic carbocycles. The Morgan fingerprint density at radius 2 is 2.26 bits per heavy atom. The second-order valence-corrected chi connectivity index (χ2v) is 4.40. The van der Waals surface area contributed by atoms with Gasteiger partial charge in [-0.15, -0.1) is 0 Å². The van der Waals surface area contributed by atoms with Crippen LogP contribution in [-0.4, -0.2) is 27.8 Å².